The molecule has 4 nitrogen and oxygen atoms in total. The van der Waals surface area contributed by atoms with Crippen molar-refractivity contribution in [3.63, 3.8) is 0 Å². The number of esters is 1. The van der Waals surface area contributed by atoms with Gasteiger partial charge in [-0.15, -0.1) is 0 Å². The minimum absolute atomic E-state index is 0.131. The summed E-state index contributed by atoms with van der Waals surface area (Å²) in [7, 11) is 0. The molecule has 1 N–H and O–H groups in total. The molecule has 2 atom stereocenters. The second-order valence-corrected chi connectivity index (χ2v) is 6.94. The van der Waals surface area contributed by atoms with Crippen LogP contribution >= 0.6 is 0 Å². The summed E-state index contributed by atoms with van der Waals surface area (Å²) in [4.78, 5) is 14.9. The van der Waals surface area contributed by atoms with Crippen LogP contribution in [-0.2, 0) is 9.53 Å². The molecule has 0 heterocycles. The van der Waals surface area contributed by atoms with Gasteiger partial charge in [-0.05, 0) is 66.3 Å². The molecule has 0 spiro atoms. The lowest BCUT2D eigenvalue weighted by Crippen LogP contribution is -2.56. The molecule has 0 saturated heterocycles. The van der Waals surface area contributed by atoms with E-state index >= 15 is 0 Å². The fourth-order valence-electron chi connectivity index (χ4n) is 3.10. The van der Waals surface area contributed by atoms with Gasteiger partial charge in [-0.3, -0.25) is 10.1 Å². The van der Waals surface area contributed by atoms with E-state index in [1.807, 2.05) is 13.8 Å². The number of hydrogen-bond donors (Lipinski definition) is 1. The highest BCUT2D eigenvalue weighted by molar-refractivity contribution is 5.80. The minimum Gasteiger partial charge on any atom is -0.465 e. The fourth-order valence-corrected chi connectivity index (χ4v) is 3.10. The van der Waals surface area contributed by atoms with E-state index in [4.69, 9.17) is 4.74 Å². The molecule has 1 rings (SSSR count). The quantitative estimate of drug-likeness (QED) is 0.630. The van der Waals surface area contributed by atoms with Gasteiger partial charge in [0.2, 0.25) is 0 Å². The number of carbonyl (C=O) groups is 1. The van der Waals surface area contributed by atoms with Crippen LogP contribution in [0.5, 0.6) is 0 Å². The standard InChI is InChI=1S/C17H34N2O2/c1-7-19(12-15-9-10-15)14(5)11-17(6,18-13(3)4)16(20)21-8-2/h13-15,18H,7-12H2,1-6H3. The Morgan fingerprint density at radius 1 is 1.33 bits per heavy atom. The fraction of sp³-hybridized carbons (Fsp3) is 0.941. The normalized spacial score (nSPS) is 19.6. The second kappa shape index (κ2) is 8.14. The molecule has 0 aromatic rings. The second-order valence-electron chi connectivity index (χ2n) is 6.94. The van der Waals surface area contributed by atoms with Crippen molar-refractivity contribution in [2.75, 3.05) is 19.7 Å². The molecule has 2 unspecified atom stereocenters. The maximum atomic E-state index is 12.4. The molecule has 0 aliphatic heterocycles. The van der Waals surface area contributed by atoms with Crippen molar-refractivity contribution < 1.29 is 9.53 Å². The Kier molecular flexibility index (Phi) is 7.14. The molecule has 1 fully saturated rings. The Morgan fingerprint density at radius 2 is 1.95 bits per heavy atom. The van der Waals surface area contributed by atoms with E-state index < -0.39 is 5.54 Å². The van der Waals surface area contributed by atoms with Crippen LogP contribution in [0.15, 0.2) is 0 Å². The zero-order valence-electron chi connectivity index (χ0n) is 14.7. The third-order valence-electron chi connectivity index (χ3n) is 4.26. The average Bonchev–Trinajstić information content (AvgIpc) is 3.18. The molecule has 0 amide bonds. The summed E-state index contributed by atoms with van der Waals surface area (Å²) in [6.45, 7) is 15.1. The SMILES string of the molecule is CCOC(=O)C(C)(CC(C)N(CC)CC1CC1)NC(C)C. The molecule has 1 saturated carbocycles. The topological polar surface area (TPSA) is 41.6 Å². The highest BCUT2D eigenvalue weighted by Crippen LogP contribution is 2.31. The van der Waals surface area contributed by atoms with E-state index in [0.29, 0.717) is 12.6 Å². The maximum absolute atomic E-state index is 12.4. The lowest BCUT2D eigenvalue weighted by molar-refractivity contribution is -0.151. The van der Waals surface area contributed by atoms with Crippen molar-refractivity contribution in [2.24, 2.45) is 5.92 Å². The zero-order chi connectivity index (χ0) is 16.0. The maximum Gasteiger partial charge on any atom is 0.326 e. The smallest absolute Gasteiger partial charge is 0.326 e. The molecule has 0 aromatic carbocycles. The third-order valence-corrected chi connectivity index (χ3v) is 4.26. The number of ether oxygens (including phenoxy) is 1. The first-order valence-electron chi connectivity index (χ1n) is 8.51. The molecule has 4 heteroatoms. The van der Waals surface area contributed by atoms with Crippen LogP contribution in [-0.4, -0.2) is 48.2 Å². The number of hydrogen-bond acceptors (Lipinski definition) is 4. The van der Waals surface area contributed by atoms with Crippen molar-refractivity contribution in [1.29, 1.82) is 0 Å². The number of nitrogens with one attached hydrogen (secondary N) is 1. The van der Waals surface area contributed by atoms with Gasteiger partial charge < -0.3 is 9.64 Å². The number of carbonyl (C=O) groups excluding carboxylic acids is 1. The van der Waals surface area contributed by atoms with Gasteiger partial charge >= 0.3 is 5.97 Å². The Morgan fingerprint density at radius 3 is 2.38 bits per heavy atom. The Balaban J connectivity index is 2.70. The van der Waals surface area contributed by atoms with Gasteiger partial charge in [0.05, 0.1) is 6.61 Å². The summed E-state index contributed by atoms with van der Waals surface area (Å²) in [5.41, 5.74) is -0.611. The lowest BCUT2D eigenvalue weighted by atomic mass is 9.91. The van der Waals surface area contributed by atoms with E-state index in [2.05, 4.69) is 37.9 Å². The van der Waals surface area contributed by atoms with Crippen molar-refractivity contribution in [1.82, 2.24) is 10.2 Å². The van der Waals surface area contributed by atoms with E-state index in [1.54, 1.807) is 0 Å². The van der Waals surface area contributed by atoms with Gasteiger partial charge in [-0.25, -0.2) is 0 Å². The van der Waals surface area contributed by atoms with Gasteiger partial charge in [-0.1, -0.05) is 6.92 Å². The summed E-state index contributed by atoms with van der Waals surface area (Å²) < 4.78 is 5.30. The predicted octanol–water partition coefficient (Wildman–Crippen LogP) is 2.82. The van der Waals surface area contributed by atoms with Crippen LogP contribution in [0.2, 0.25) is 0 Å². The summed E-state index contributed by atoms with van der Waals surface area (Å²) >= 11 is 0. The molecular formula is C17H34N2O2. The molecular weight excluding hydrogens is 264 g/mol. The van der Waals surface area contributed by atoms with Crippen molar-refractivity contribution in [3.05, 3.63) is 0 Å². The molecule has 0 radical (unpaired) electrons. The highest BCUT2D eigenvalue weighted by atomic mass is 16.5. The van der Waals surface area contributed by atoms with Crippen LogP contribution < -0.4 is 5.32 Å². The Labute approximate surface area is 130 Å². The van der Waals surface area contributed by atoms with Crippen LogP contribution in [0.1, 0.15) is 60.8 Å². The van der Waals surface area contributed by atoms with Crippen molar-refractivity contribution >= 4 is 5.97 Å². The first kappa shape index (κ1) is 18.4. The molecule has 124 valence electrons. The summed E-state index contributed by atoms with van der Waals surface area (Å²) in [5, 5.41) is 3.42. The van der Waals surface area contributed by atoms with Crippen LogP contribution in [0, 0.1) is 5.92 Å². The summed E-state index contributed by atoms with van der Waals surface area (Å²) in [6, 6.07) is 0.626. The molecule has 0 aromatic heterocycles. The van der Waals surface area contributed by atoms with Crippen LogP contribution in [0.3, 0.4) is 0 Å². The first-order valence-corrected chi connectivity index (χ1v) is 8.51. The molecule has 0 bridgehead atoms. The highest BCUT2D eigenvalue weighted by Gasteiger charge is 2.38. The van der Waals surface area contributed by atoms with Gasteiger partial charge in [0, 0.05) is 18.6 Å². The predicted molar refractivity (Wildman–Crippen MR) is 87.4 cm³/mol. The molecule has 21 heavy (non-hydrogen) atoms. The third kappa shape index (κ3) is 5.95. The van der Waals surface area contributed by atoms with Crippen molar-refractivity contribution in [3.8, 4) is 0 Å². The largest absolute Gasteiger partial charge is 0.465 e. The van der Waals surface area contributed by atoms with E-state index in [0.717, 1.165) is 25.4 Å². The van der Waals surface area contributed by atoms with Gasteiger partial charge in [0.25, 0.3) is 0 Å². The monoisotopic (exact) mass is 298 g/mol. The van der Waals surface area contributed by atoms with Gasteiger partial charge in [-0.2, -0.15) is 0 Å². The Hall–Kier alpha value is -0.610. The molecule has 1 aliphatic carbocycles. The zero-order valence-corrected chi connectivity index (χ0v) is 14.7. The van der Waals surface area contributed by atoms with E-state index in [1.165, 1.54) is 12.8 Å². The summed E-state index contributed by atoms with van der Waals surface area (Å²) in [6.07, 6.45) is 3.51. The van der Waals surface area contributed by atoms with Gasteiger partial charge in [0.1, 0.15) is 5.54 Å². The summed E-state index contributed by atoms with van der Waals surface area (Å²) in [5.74, 6) is 0.743. The van der Waals surface area contributed by atoms with Crippen molar-refractivity contribution in [2.45, 2.75) is 78.4 Å². The minimum atomic E-state index is -0.611. The average molecular weight is 298 g/mol. The van der Waals surface area contributed by atoms with Gasteiger partial charge in [0.15, 0.2) is 0 Å². The number of rotatable bonds is 10. The van der Waals surface area contributed by atoms with E-state index in [-0.39, 0.29) is 12.0 Å². The van der Waals surface area contributed by atoms with Crippen LogP contribution in [0.4, 0.5) is 0 Å². The molecule has 1 aliphatic rings. The van der Waals surface area contributed by atoms with E-state index in [9.17, 15) is 4.79 Å². The van der Waals surface area contributed by atoms with Crippen LogP contribution in [0.25, 0.3) is 0 Å². The first-order chi connectivity index (χ1) is 9.82. The number of nitrogens with zero attached hydrogens (tertiary/aromatic N) is 1. The Bertz CT molecular complexity index is 329. The lowest BCUT2D eigenvalue weighted by Gasteiger charge is -2.37.